The monoisotopic (exact) mass is 262 g/mol. The zero-order valence-electron chi connectivity index (χ0n) is 13.0. The van der Waals surface area contributed by atoms with Gasteiger partial charge in [-0.25, -0.2) is 0 Å². The number of nitrogen functional groups attached to an aromatic ring is 1. The summed E-state index contributed by atoms with van der Waals surface area (Å²) in [5.41, 5.74) is 8.04. The number of benzene rings is 1. The lowest BCUT2D eigenvalue weighted by atomic mass is 10.1. The second kappa shape index (κ2) is 8.21. The SMILES string of the molecule is CC(C)CN(CCCc1cccc(N)c1)CC(C)C. The van der Waals surface area contributed by atoms with Crippen LogP contribution < -0.4 is 5.73 Å². The number of nitrogens with zero attached hydrogens (tertiary/aromatic N) is 1. The normalized spacial score (nSPS) is 11.7. The molecule has 0 atom stereocenters. The maximum Gasteiger partial charge on any atom is 0.0316 e. The van der Waals surface area contributed by atoms with Gasteiger partial charge in [-0.15, -0.1) is 0 Å². The van der Waals surface area contributed by atoms with Gasteiger partial charge in [-0.1, -0.05) is 39.8 Å². The van der Waals surface area contributed by atoms with E-state index in [1.54, 1.807) is 0 Å². The second-order valence-corrected chi connectivity index (χ2v) is 6.40. The lowest BCUT2D eigenvalue weighted by Crippen LogP contribution is -2.32. The van der Waals surface area contributed by atoms with Crippen LogP contribution in [0.25, 0.3) is 0 Å². The molecule has 0 radical (unpaired) electrons. The predicted molar refractivity (Wildman–Crippen MR) is 85.3 cm³/mol. The summed E-state index contributed by atoms with van der Waals surface area (Å²) in [6, 6.07) is 8.26. The summed E-state index contributed by atoms with van der Waals surface area (Å²) in [4.78, 5) is 2.60. The molecule has 0 unspecified atom stereocenters. The smallest absolute Gasteiger partial charge is 0.0316 e. The number of nitrogens with two attached hydrogens (primary N) is 1. The van der Waals surface area contributed by atoms with Crippen LogP contribution in [0, 0.1) is 11.8 Å². The topological polar surface area (TPSA) is 29.3 Å². The van der Waals surface area contributed by atoms with Crippen LogP contribution in [0.4, 0.5) is 5.69 Å². The maximum absolute atomic E-state index is 5.81. The molecule has 1 aromatic rings. The van der Waals surface area contributed by atoms with Crippen molar-refractivity contribution in [3.63, 3.8) is 0 Å². The standard InChI is InChI=1S/C17H30N2/c1-14(2)12-19(13-15(3)4)10-6-8-16-7-5-9-17(18)11-16/h5,7,9,11,14-15H,6,8,10,12-13,18H2,1-4H3. The average molecular weight is 262 g/mol. The summed E-state index contributed by atoms with van der Waals surface area (Å²) in [5.74, 6) is 1.48. The van der Waals surface area contributed by atoms with Crippen LogP contribution in [-0.2, 0) is 6.42 Å². The molecule has 2 N–H and O–H groups in total. The van der Waals surface area contributed by atoms with Crippen molar-refractivity contribution in [3.8, 4) is 0 Å². The summed E-state index contributed by atoms with van der Waals surface area (Å²) in [6.45, 7) is 12.8. The molecule has 19 heavy (non-hydrogen) atoms. The molecule has 0 saturated carbocycles. The summed E-state index contributed by atoms with van der Waals surface area (Å²) in [5, 5.41) is 0. The van der Waals surface area contributed by atoms with Gasteiger partial charge < -0.3 is 10.6 Å². The van der Waals surface area contributed by atoms with E-state index in [-0.39, 0.29) is 0 Å². The second-order valence-electron chi connectivity index (χ2n) is 6.40. The number of hydrogen-bond acceptors (Lipinski definition) is 2. The first kappa shape index (κ1) is 16.0. The van der Waals surface area contributed by atoms with Crippen molar-refractivity contribution in [2.45, 2.75) is 40.5 Å². The number of anilines is 1. The Balaban J connectivity index is 2.38. The quantitative estimate of drug-likeness (QED) is 0.722. The molecule has 2 heteroatoms. The van der Waals surface area contributed by atoms with E-state index in [0.29, 0.717) is 0 Å². The van der Waals surface area contributed by atoms with Crippen molar-refractivity contribution >= 4 is 5.69 Å². The Morgan fingerprint density at radius 3 is 2.21 bits per heavy atom. The van der Waals surface area contributed by atoms with E-state index in [1.165, 1.54) is 31.6 Å². The summed E-state index contributed by atoms with van der Waals surface area (Å²) in [6.07, 6.45) is 2.33. The number of rotatable bonds is 8. The van der Waals surface area contributed by atoms with E-state index in [0.717, 1.165) is 23.9 Å². The van der Waals surface area contributed by atoms with E-state index in [9.17, 15) is 0 Å². The minimum atomic E-state index is 0.742. The third-order valence-electron chi connectivity index (χ3n) is 3.14. The predicted octanol–water partition coefficient (Wildman–Crippen LogP) is 3.82. The molecule has 108 valence electrons. The highest BCUT2D eigenvalue weighted by Crippen LogP contribution is 2.10. The molecule has 1 rings (SSSR count). The van der Waals surface area contributed by atoms with Gasteiger partial charge >= 0.3 is 0 Å². The molecule has 0 amide bonds. The van der Waals surface area contributed by atoms with Crippen LogP contribution in [-0.4, -0.2) is 24.5 Å². The minimum Gasteiger partial charge on any atom is -0.399 e. The van der Waals surface area contributed by atoms with Crippen molar-refractivity contribution < 1.29 is 0 Å². The lowest BCUT2D eigenvalue weighted by molar-refractivity contribution is 0.217. The van der Waals surface area contributed by atoms with Gasteiger partial charge in [0.1, 0.15) is 0 Å². The third kappa shape index (κ3) is 7.22. The Hall–Kier alpha value is -1.02. The van der Waals surface area contributed by atoms with Crippen LogP contribution in [0.1, 0.15) is 39.7 Å². The van der Waals surface area contributed by atoms with Crippen molar-refractivity contribution in [1.29, 1.82) is 0 Å². The first-order chi connectivity index (χ1) is 8.97. The molecular weight excluding hydrogens is 232 g/mol. The van der Waals surface area contributed by atoms with Gasteiger partial charge in [0.15, 0.2) is 0 Å². The highest BCUT2D eigenvalue weighted by atomic mass is 15.1. The average Bonchev–Trinajstić information content (AvgIpc) is 2.27. The Morgan fingerprint density at radius 2 is 1.68 bits per heavy atom. The van der Waals surface area contributed by atoms with Crippen LogP contribution in [0.15, 0.2) is 24.3 Å². The summed E-state index contributed by atoms with van der Waals surface area (Å²) >= 11 is 0. The molecule has 0 spiro atoms. The van der Waals surface area contributed by atoms with E-state index >= 15 is 0 Å². The molecule has 0 heterocycles. The molecular formula is C17H30N2. The van der Waals surface area contributed by atoms with Gasteiger partial charge in [0.25, 0.3) is 0 Å². The first-order valence-electron chi connectivity index (χ1n) is 7.54. The number of hydrogen-bond donors (Lipinski definition) is 1. The first-order valence-corrected chi connectivity index (χ1v) is 7.54. The van der Waals surface area contributed by atoms with Gasteiger partial charge in [-0.05, 0) is 48.9 Å². The highest BCUT2D eigenvalue weighted by Gasteiger charge is 2.09. The molecule has 0 aliphatic carbocycles. The van der Waals surface area contributed by atoms with Crippen LogP contribution in [0.2, 0.25) is 0 Å². The van der Waals surface area contributed by atoms with Crippen molar-refractivity contribution in [2.24, 2.45) is 11.8 Å². The van der Waals surface area contributed by atoms with Crippen molar-refractivity contribution in [2.75, 3.05) is 25.4 Å². The fraction of sp³-hybridized carbons (Fsp3) is 0.647. The fourth-order valence-corrected chi connectivity index (χ4v) is 2.55. The van der Waals surface area contributed by atoms with Gasteiger partial charge in [-0.2, -0.15) is 0 Å². The largest absolute Gasteiger partial charge is 0.399 e. The van der Waals surface area contributed by atoms with Crippen molar-refractivity contribution in [1.82, 2.24) is 4.90 Å². The Labute approximate surface area is 119 Å². The van der Waals surface area contributed by atoms with E-state index in [1.807, 2.05) is 12.1 Å². The molecule has 2 nitrogen and oxygen atoms in total. The third-order valence-corrected chi connectivity index (χ3v) is 3.14. The van der Waals surface area contributed by atoms with Crippen LogP contribution in [0.3, 0.4) is 0 Å². The van der Waals surface area contributed by atoms with Gasteiger partial charge in [0, 0.05) is 18.8 Å². The molecule has 0 aliphatic heterocycles. The lowest BCUT2D eigenvalue weighted by Gasteiger charge is -2.26. The fourth-order valence-electron chi connectivity index (χ4n) is 2.55. The molecule has 0 aromatic heterocycles. The van der Waals surface area contributed by atoms with Crippen LogP contribution in [0.5, 0.6) is 0 Å². The minimum absolute atomic E-state index is 0.742. The molecule has 0 saturated heterocycles. The van der Waals surface area contributed by atoms with Gasteiger partial charge in [-0.3, -0.25) is 0 Å². The zero-order valence-corrected chi connectivity index (χ0v) is 13.0. The zero-order chi connectivity index (χ0) is 14.3. The number of aryl methyl sites for hydroxylation is 1. The molecule has 1 aromatic carbocycles. The Kier molecular flexibility index (Phi) is 6.93. The highest BCUT2D eigenvalue weighted by molar-refractivity contribution is 5.40. The summed E-state index contributed by atoms with van der Waals surface area (Å²) in [7, 11) is 0. The van der Waals surface area contributed by atoms with E-state index in [2.05, 4.69) is 44.7 Å². The van der Waals surface area contributed by atoms with E-state index < -0.39 is 0 Å². The molecule has 0 fully saturated rings. The summed E-state index contributed by atoms with van der Waals surface area (Å²) < 4.78 is 0. The molecule has 0 bridgehead atoms. The Morgan fingerprint density at radius 1 is 1.05 bits per heavy atom. The van der Waals surface area contributed by atoms with Gasteiger partial charge in [0.2, 0.25) is 0 Å². The Bertz CT molecular complexity index is 348. The molecule has 0 aliphatic rings. The van der Waals surface area contributed by atoms with Gasteiger partial charge in [0.05, 0.1) is 0 Å². The van der Waals surface area contributed by atoms with E-state index in [4.69, 9.17) is 5.73 Å². The maximum atomic E-state index is 5.81. The van der Waals surface area contributed by atoms with Crippen molar-refractivity contribution in [3.05, 3.63) is 29.8 Å². The van der Waals surface area contributed by atoms with Crippen LogP contribution >= 0.6 is 0 Å².